The van der Waals surface area contributed by atoms with Crippen LogP contribution in [0.3, 0.4) is 0 Å². The highest BCUT2D eigenvalue weighted by atomic mass is 16.6. The van der Waals surface area contributed by atoms with E-state index in [0.717, 1.165) is 32.3 Å². The Hall–Kier alpha value is -2.15. The molecule has 1 unspecified atom stereocenters. The van der Waals surface area contributed by atoms with E-state index in [0.29, 0.717) is 6.54 Å². The number of hydrogen-bond acceptors (Lipinski definition) is 5. The van der Waals surface area contributed by atoms with Gasteiger partial charge in [0, 0.05) is 31.0 Å². The number of nitro groups is 1. The number of carbonyl (C=O) groups is 1. The molecule has 21 heavy (non-hydrogen) atoms. The third-order valence-corrected chi connectivity index (χ3v) is 3.52. The zero-order chi connectivity index (χ0) is 15.2. The number of nitrogen functional groups attached to an aromatic ring is 1. The van der Waals surface area contributed by atoms with Gasteiger partial charge in [0.2, 0.25) is 0 Å². The molecule has 1 atom stereocenters. The number of carbonyl (C=O) groups excluding carboxylic acids is 1. The SMILES string of the molecule is Nc1ccc([N+](=O)[O-])cc1C(=O)NCCC1CCCCO1. The maximum atomic E-state index is 12.0. The van der Waals surface area contributed by atoms with Crippen LogP contribution in [0.25, 0.3) is 0 Å². The van der Waals surface area contributed by atoms with Crippen molar-refractivity contribution in [3.63, 3.8) is 0 Å². The van der Waals surface area contributed by atoms with E-state index in [1.807, 2.05) is 0 Å². The molecule has 0 bridgehead atoms. The highest BCUT2D eigenvalue weighted by Gasteiger charge is 2.17. The summed E-state index contributed by atoms with van der Waals surface area (Å²) < 4.78 is 5.57. The first-order valence-corrected chi connectivity index (χ1v) is 7.01. The van der Waals surface area contributed by atoms with Gasteiger partial charge in [-0.25, -0.2) is 0 Å². The molecule has 2 rings (SSSR count). The van der Waals surface area contributed by atoms with E-state index in [-0.39, 0.29) is 23.0 Å². The van der Waals surface area contributed by atoms with Crippen LogP contribution in [0, 0.1) is 10.1 Å². The minimum Gasteiger partial charge on any atom is -0.398 e. The lowest BCUT2D eigenvalue weighted by Gasteiger charge is -2.22. The van der Waals surface area contributed by atoms with Gasteiger partial charge in [0.25, 0.3) is 11.6 Å². The molecule has 1 fully saturated rings. The molecule has 0 spiro atoms. The fourth-order valence-electron chi connectivity index (χ4n) is 2.33. The number of anilines is 1. The summed E-state index contributed by atoms with van der Waals surface area (Å²) in [6.45, 7) is 1.24. The van der Waals surface area contributed by atoms with E-state index >= 15 is 0 Å². The van der Waals surface area contributed by atoms with Crippen LogP contribution < -0.4 is 11.1 Å². The molecule has 1 aliphatic heterocycles. The number of rotatable bonds is 5. The minimum atomic E-state index is -0.550. The molecule has 114 valence electrons. The van der Waals surface area contributed by atoms with Gasteiger partial charge in [-0.05, 0) is 31.7 Å². The number of ether oxygens (including phenoxy) is 1. The summed E-state index contributed by atoms with van der Waals surface area (Å²) in [5, 5.41) is 13.5. The van der Waals surface area contributed by atoms with Crippen molar-refractivity contribution in [3.05, 3.63) is 33.9 Å². The number of nitrogens with two attached hydrogens (primary N) is 1. The van der Waals surface area contributed by atoms with Gasteiger partial charge in [0.15, 0.2) is 0 Å². The average molecular weight is 293 g/mol. The van der Waals surface area contributed by atoms with Crippen LogP contribution in [0.5, 0.6) is 0 Å². The summed E-state index contributed by atoms with van der Waals surface area (Å²) in [4.78, 5) is 22.2. The third-order valence-electron chi connectivity index (χ3n) is 3.52. The topological polar surface area (TPSA) is 107 Å². The highest BCUT2D eigenvalue weighted by molar-refractivity contribution is 5.99. The first kappa shape index (κ1) is 15.2. The van der Waals surface area contributed by atoms with Crippen molar-refractivity contribution in [2.24, 2.45) is 0 Å². The normalized spacial score (nSPS) is 18.2. The largest absolute Gasteiger partial charge is 0.398 e. The molecule has 1 aromatic carbocycles. The van der Waals surface area contributed by atoms with Crippen LogP contribution in [0.4, 0.5) is 11.4 Å². The van der Waals surface area contributed by atoms with Gasteiger partial charge < -0.3 is 15.8 Å². The molecule has 3 N–H and O–H groups in total. The van der Waals surface area contributed by atoms with E-state index < -0.39 is 10.8 Å². The van der Waals surface area contributed by atoms with Crippen LogP contribution in [0.1, 0.15) is 36.0 Å². The Balaban J connectivity index is 1.90. The second-order valence-corrected chi connectivity index (χ2v) is 5.06. The van der Waals surface area contributed by atoms with Crippen LogP contribution in [-0.2, 0) is 4.74 Å². The van der Waals surface area contributed by atoms with Crippen molar-refractivity contribution >= 4 is 17.3 Å². The zero-order valence-electron chi connectivity index (χ0n) is 11.7. The predicted octanol–water partition coefficient (Wildman–Crippen LogP) is 1.87. The van der Waals surface area contributed by atoms with Crippen molar-refractivity contribution < 1.29 is 14.5 Å². The number of benzene rings is 1. The number of amides is 1. The number of nitrogens with one attached hydrogen (secondary N) is 1. The molecule has 1 aromatic rings. The van der Waals surface area contributed by atoms with Crippen molar-refractivity contribution in [2.75, 3.05) is 18.9 Å². The average Bonchev–Trinajstić information content (AvgIpc) is 2.48. The van der Waals surface area contributed by atoms with E-state index in [9.17, 15) is 14.9 Å². The Morgan fingerprint density at radius 1 is 1.48 bits per heavy atom. The lowest BCUT2D eigenvalue weighted by atomic mass is 10.1. The smallest absolute Gasteiger partial charge is 0.270 e. The Morgan fingerprint density at radius 3 is 2.95 bits per heavy atom. The van der Waals surface area contributed by atoms with Gasteiger partial charge in [0.05, 0.1) is 16.6 Å². The Labute approximate surface area is 122 Å². The third kappa shape index (κ3) is 4.16. The van der Waals surface area contributed by atoms with Gasteiger partial charge in [-0.1, -0.05) is 0 Å². The van der Waals surface area contributed by atoms with Gasteiger partial charge >= 0.3 is 0 Å². The first-order valence-electron chi connectivity index (χ1n) is 7.01. The van der Waals surface area contributed by atoms with Crippen molar-refractivity contribution in [1.29, 1.82) is 0 Å². The molecule has 7 nitrogen and oxygen atoms in total. The van der Waals surface area contributed by atoms with E-state index in [2.05, 4.69) is 5.32 Å². The summed E-state index contributed by atoms with van der Waals surface area (Å²) in [6, 6.07) is 3.85. The second kappa shape index (κ2) is 7.03. The maximum Gasteiger partial charge on any atom is 0.270 e. The quantitative estimate of drug-likeness (QED) is 0.489. The molecule has 0 saturated carbocycles. The van der Waals surface area contributed by atoms with Crippen molar-refractivity contribution in [2.45, 2.75) is 31.8 Å². The lowest BCUT2D eigenvalue weighted by Crippen LogP contribution is -2.29. The zero-order valence-corrected chi connectivity index (χ0v) is 11.7. The molecule has 1 saturated heterocycles. The fraction of sp³-hybridized carbons (Fsp3) is 0.500. The molecule has 1 heterocycles. The van der Waals surface area contributed by atoms with Crippen LogP contribution in [0.2, 0.25) is 0 Å². The lowest BCUT2D eigenvalue weighted by molar-refractivity contribution is -0.384. The van der Waals surface area contributed by atoms with Gasteiger partial charge in [-0.3, -0.25) is 14.9 Å². The molecular weight excluding hydrogens is 274 g/mol. The Bertz CT molecular complexity index is 527. The summed E-state index contributed by atoms with van der Waals surface area (Å²) in [5.41, 5.74) is 5.91. The summed E-state index contributed by atoms with van der Waals surface area (Å²) in [7, 11) is 0. The molecule has 1 aliphatic rings. The van der Waals surface area contributed by atoms with Crippen LogP contribution in [0.15, 0.2) is 18.2 Å². The summed E-state index contributed by atoms with van der Waals surface area (Å²) >= 11 is 0. The highest BCUT2D eigenvalue weighted by Crippen LogP contribution is 2.20. The monoisotopic (exact) mass is 293 g/mol. The summed E-state index contributed by atoms with van der Waals surface area (Å²) in [6.07, 6.45) is 4.17. The molecular formula is C14H19N3O4. The number of nitrogens with zero attached hydrogens (tertiary/aromatic N) is 1. The number of non-ortho nitro benzene ring substituents is 1. The molecule has 7 heteroatoms. The van der Waals surface area contributed by atoms with Gasteiger partial charge in [-0.2, -0.15) is 0 Å². The summed E-state index contributed by atoms with van der Waals surface area (Å²) in [5.74, 6) is -0.396. The number of nitro benzene ring substituents is 1. The number of hydrogen-bond donors (Lipinski definition) is 2. The van der Waals surface area contributed by atoms with Gasteiger partial charge in [-0.15, -0.1) is 0 Å². The predicted molar refractivity (Wildman–Crippen MR) is 78.1 cm³/mol. The second-order valence-electron chi connectivity index (χ2n) is 5.06. The van der Waals surface area contributed by atoms with Crippen LogP contribution >= 0.6 is 0 Å². The van der Waals surface area contributed by atoms with Crippen molar-refractivity contribution in [1.82, 2.24) is 5.32 Å². The Morgan fingerprint density at radius 2 is 2.29 bits per heavy atom. The van der Waals surface area contributed by atoms with E-state index in [1.54, 1.807) is 0 Å². The first-order chi connectivity index (χ1) is 10.1. The van der Waals surface area contributed by atoms with Crippen LogP contribution in [-0.4, -0.2) is 30.1 Å². The molecule has 0 aliphatic carbocycles. The molecule has 0 radical (unpaired) electrons. The van der Waals surface area contributed by atoms with E-state index in [1.165, 1.54) is 18.2 Å². The fourth-order valence-corrected chi connectivity index (χ4v) is 2.33. The van der Waals surface area contributed by atoms with E-state index in [4.69, 9.17) is 10.5 Å². The molecule has 0 aromatic heterocycles. The minimum absolute atomic E-state index is 0.133. The van der Waals surface area contributed by atoms with Crippen molar-refractivity contribution in [3.8, 4) is 0 Å². The standard InChI is InChI=1S/C14H19N3O4/c15-13-5-4-10(17(19)20)9-12(13)14(18)16-7-6-11-3-1-2-8-21-11/h4-5,9,11H,1-3,6-8,15H2,(H,16,18). The molecule has 1 amide bonds. The maximum absolute atomic E-state index is 12.0. The van der Waals surface area contributed by atoms with Gasteiger partial charge in [0.1, 0.15) is 0 Å². The Kier molecular flexibility index (Phi) is 5.10.